The summed E-state index contributed by atoms with van der Waals surface area (Å²) in [5.41, 5.74) is 4.55. The lowest BCUT2D eigenvalue weighted by Gasteiger charge is -2.23. The third kappa shape index (κ3) is 4.03. The zero-order chi connectivity index (χ0) is 18.7. The van der Waals surface area contributed by atoms with Crippen molar-refractivity contribution in [2.75, 3.05) is 0 Å². The predicted molar refractivity (Wildman–Crippen MR) is 106 cm³/mol. The van der Waals surface area contributed by atoms with Gasteiger partial charge in [-0.2, -0.15) is 15.6 Å². The average molecular weight is 387 g/mol. The first-order chi connectivity index (χ1) is 12.4. The lowest BCUT2D eigenvalue weighted by molar-refractivity contribution is 0.397. The zero-order valence-electron chi connectivity index (χ0n) is 15.1. The van der Waals surface area contributed by atoms with Crippen LogP contribution in [0.3, 0.4) is 0 Å². The van der Waals surface area contributed by atoms with Gasteiger partial charge in [-0.05, 0) is 78.1 Å². The summed E-state index contributed by atoms with van der Waals surface area (Å²) < 4.78 is 28.4. The molecule has 2 aromatic heterocycles. The summed E-state index contributed by atoms with van der Waals surface area (Å²) >= 11 is 1.56. The molecule has 1 aromatic carbocycles. The molecule has 0 aliphatic heterocycles. The van der Waals surface area contributed by atoms with Crippen molar-refractivity contribution in [2.24, 2.45) is 0 Å². The van der Waals surface area contributed by atoms with Crippen LogP contribution in [-0.2, 0) is 23.1 Å². The molecule has 0 spiro atoms. The van der Waals surface area contributed by atoms with Crippen LogP contribution in [-0.4, -0.2) is 17.7 Å². The van der Waals surface area contributed by atoms with Gasteiger partial charge >= 0.3 is 0 Å². The van der Waals surface area contributed by atoms with Crippen LogP contribution in [0.4, 0.5) is 0 Å². The van der Waals surface area contributed by atoms with Crippen molar-refractivity contribution >= 4 is 21.4 Å². The highest BCUT2D eigenvalue weighted by Crippen LogP contribution is 2.26. The maximum atomic E-state index is 13.4. The van der Waals surface area contributed by atoms with Gasteiger partial charge in [-0.1, -0.05) is 12.1 Å². The van der Waals surface area contributed by atoms with Crippen molar-refractivity contribution in [2.45, 2.75) is 38.8 Å². The van der Waals surface area contributed by atoms with E-state index in [1.807, 2.05) is 61.9 Å². The molecule has 3 rings (SSSR count). The molecule has 0 N–H and O–H groups in total. The number of nitrogens with zero attached hydrogens (tertiary/aromatic N) is 2. The van der Waals surface area contributed by atoms with E-state index in [9.17, 15) is 8.42 Å². The first kappa shape index (κ1) is 18.8. The fourth-order valence-corrected chi connectivity index (χ4v) is 5.19. The fourth-order valence-electron chi connectivity index (χ4n) is 2.84. The quantitative estimate of drug-likeness (QED) is 0.628. The van der Waals surface area contributed by atoms with Crippen molar-refractivity contribution in [1.29, 1.82) is 0 Å². The van der Waals surface area contributed by atoms with Gasteiger partial charge in [0.2, 0.25) is 10.0 Å². The predicted octanol–water partition coefficient (Wildman–Crippen LogP) is 4.46. The number of thiophene rings is 1. The molecular formula is C20H22N2O2S2. The number of pyridine rings is 1. The van der Waals surface area contributed by atoms with Gasteiger partial charge in [0.05, 0.1) is 17.1 Å². The Balaban J connectivity index is 2.03. The Morgan fingerprint density at radius 1 is 1.00 bits per heavy atom. The molecule has 0 amide bonds. The molecule has 0 radical (unpaired) electrons. The molecular weight excluding hydrogens is 364 g/mol. The van der Waals surface area contributed by atoms with Crippen molar-refractivity contribution in [3.63, 3.8) is 0 Å². The van der Waals surface area contributed by atoms with Gasteiger partial charge in [0.15, 0.2) is 0 Å². The molecule has 4 nitrogen and oxygen atoms in total. The molecule has 3 aromatic rings. The highest BCUT2D eigenvalue weighted by Gasteiger charge is 2.27. The maximum absolute atomic E-state index is 13.4. The standard InChI is InChI=1S/C20H22N2O2S2/c1-15-10-17(3)20(11-16(15)2)26(23,24)22(12-18-7-9-25-14-18)13-19-6-4-5-8-21-19/h4-11,14H,12-13H2,1-3H3. The molecule has 0 aliphatic carbocycles. The number of aromatic nitrogens is 1. The molecule has 0 bridgehead atoms. The molecule has 0 aliphatic rings. The smallest absolute Gasteiger partial charge is 0.244 e. The normalized spacial score (nSPS) is 11.8. The molecule has 6 heteroatoms. The Bertz CT molecular complexity index is 982. The summed E-state index contributed by atoms with van der Waals surface area (Å²) in [4.78, 5) is 4.67. The summed E-state index contributed by atoms with van der Waals surface area (Å²) in [5.74, 6) is 0. The molecule has 136 valence electrons. The van der Waals surface area contributed by atoms with E-state index in [4.69, 9.17) is 0 Å². The topological polar surface area (TPSA) is 50.3 Å². The number of rotatable bonds is 6. The van der Waals surface area contributed by atoms with E-state index in [1.165, 1.54) is 4.31 Å². The zero-order valence-corrected chi connectivity index (χ0v) is 16.8. The molecule has 0 fully saturated rings. The van der Waals surface area contributed by atoms with Crippen LogP contribution >= 0.6 is 11.3 Å². The lowest BCUT2D eigenvalue weighted by atomic mass is 10.1. The third-order valence-electron chi connectivity index (χ3n) is 4.41. The van der Waals surface area contributed by atoms with Gasteiger partial charge in [0.25, 0.3) is 0 Å². The van der Waals surface area contributed by atoms with Gasteiger partial charge < -0.3 is 0 Å². The SMILES string of the molecule is Cc1cc(C)c(S(=O)(=O)N(Cc2ccsc2)Cc2ccccn2)cc1C. The summed E-state index contributed by atoms with van der Waals surface area (Å²) in [6.45, 7) is 6.36. The van der Waals surface area contributed by atoms with Gasteiger partial charge in [0.1, 0.15) is 0 Å². The van der Waals surface area contributed by atoms with Crippen LogP contribution in [0.15, 0.2) is 58.3 Å². The van der Waals surface area contributed by atoms with E-state index in [0.29, 0.717) is 11.4 Å². The van der Waals surface area contributed by atoms with E-state index < -0.39 is 10.0 Å². The Labute approximate surface area is 159 Å². The number of aryl methyl sites for hydroxylation is 3. The van der Waals surface area contributed by atoms with E-state index in [-0.39, 0.29) is 6.54 Å². The minimum Gasteiger partial charge on any atom is -0.260 e. The van der Waals surface area contributed by atoms with Crippen LogP contribution in [0.25, 0.3) is 0 Å². The number of hydrogen-bond donors (Lipinski definition) is 0. The monoisotopic (exact) mass is 386 g/mol. The second-order valence-electron chi connectivity index (χ2n) is 6.43. The van der Waals surface area contributed by atoms with Crippen LogP contribution in [0, 0.1) is 20.8 Å². The molecule has 0 saturated carbocycles. The summed E-state index contributed by atoms with van der Waals surface area (Å²) in [7, 11) is -3.65. The van der Waals surface area contributed by atoms with E-state index in [1.54, 1.807) is 23.6 Å². The van der Waals surface area contributed by atoms with Crippen molar-refractivity contribution in [3.8, 4) is 0 Å². The van der Waals surface area contributed by atoms with Gasteiger partial charge in [-0.15, -0.1) is 0 Å². The Morgan fingerprint density at radius 2 is 1.77 bits per heavy atom. The van der Waals surface area contributed by atoms with Crippen molar-refractivity contribution < 1.29 is 8.42 Å². The fraction of sp³-hybridized carbons (Fsp3) is 0.250. The van der Waals surface area contributed by atoms with Crippen LogP contribution in [0.1, 0.15) is 27.9 Å². The van der Waals surface area contributed by atoms with Crippen molar-refractivity contribution in [3.05, 3.63) is 81.3 Å². The maximum Gasteiger partial charge on any atom is 0.244 e. The van der Waals surface area contributed by atoms with Crippen LogP contribution in [0.5, 0.6) is 0 Å². The second kappa shape index (κ2) is 7.70. The first-order valence-electron chi connectivity index (χ1n) is 8.37. The van der Waals surface area contributed by atoms with E-state index in [2.05, 4.69) is 4.98 Å². The van der Waals surface area contributed by atoms with Gasteiger partial charge in [-0.3, -0.25) is 4.98 Å². The third-order valence-corrected chi connectivity index (χ3v) is 7.08. The summed E-state index contributed by atoms with van der Waals surface area (Å²) in [6.07, 6.45) is 1.69. The van der Waals surface area contributed by atoms with E-state index in [0.717, 1.165) is 27.9 Å². The Kier molecular flexibility index (Phi) is 5.55. The molecule has 2 heterocycles. The number of benzene rings is 1. The van der Waals surface area contributed by atoms with E-state index >= 15 is 0 Å². The largest absolute Gasteiger partial charge is 0.260 e. The minimum absolute atomic E-state index is 0.241. The molecule has 0 atom stereocenters. The van der Waals surface area contributed by atoms with Gasteiger partial charge in [0, 0.05) is 12.7 Å². The van der Waals surface area contributed by atoms with Gasteiger partial charge in [-0.25, -0.2) is 8.42 Å². The lowest BCUT2D eigenvalue weighted by Crippen LogP contribution is -2.31. The Morgan fingerprint density at radius 3 is 2.42 bits per heavy atom. The second-order valence-corrected chi connectivity index (χ2v) is 9.11. The van der Waals surface area contributed by atoms with Crippen molar-refractivity contribution in [1.82, 2.24) is 9.29 Å². The number of sulfonamides is 1. The molecule has 26 heavy (non-hydrogen) atoms. The average Bonchev–Trinajstić information content (AvgIpc) is 3.11. The Hall–Kier alpha value is -2.02. The van der Waals surface area contributed by atoms with Crippen LogP contribution in [0.2, 0.25) is 0 Å². The number of hydrogen-bond acceptors (Lipinski definition) is 4. The molecule has 0 unspecified atom stereocenters. The highest BCUT2D eigenvalue weighted by molar-refractivity contribution is 7.89. The summed E-state index contributed by atoms with van der Waals surface area (Å²) in [5, 5.41) is 3.94. The summed E-state index contributed by atoms with van der Waals surface area (Å²) in [6, 6.07) is 11.2. The highest BCUT2D eigenvalue weighted by atomic mass is 32.2. The van der Waals surface area contributed by atoms with Crippen LogP contribution < -0.4 is 0 Å². The molecule has 0 saturated heterocycles. The first-order valence-corrected chi connectivity index (χ1v) is 10.7. The minimum atomic E-state index is -3.65.